The van der Waals surface area contributed by atoms with Gasteiger partial charge in [0.15, 0.2) is 0 Å². The van der Waals surface area contributed by atoms with E-state index in [9.17, 15) is 9.59 Å². The maximum Gasteiger partial charge on any atom is 0.242 e. The summed E-state index contributed by atoms with van der Waals surface area (Å²) in [5.74, 6) is 0.643. The van der Waals surface area contributed by atoms with Crippen LogP contribution in [0.2, 0.25) is 0 Å². The molecule has 0 spiro atoms. The van der Waals surface area contributed by atoms with Crippen molar-refractivity contribution in [2.45, 2.75) is 46.2 Å². The van der Waals surface area contributed by atoms with Crippen LogP contribution in [0.15, 0.2) is 24.3 Å². The van der Waals surface area contributed by atoms with Crippen LogP contribution in [-0.4, -0.2) is 36.4 Å². The molecule has 1 aromatic carbocycles. The molecule has 0 saturated carbocycles. The Kier molecular flexibility index (Phi) is 7.43. The predicted octanol–water partition coefficient (Wildman–Crippen LogP) is 2.35. The smallest absolute Gasteiger partial charge is 0.242 e. The molecule has 0 radical (unpaired) electrons. The molecule has 0 aliphatic carbocycles. The lowest BCUT2D eigenvalue weighted by molar-refractivity contribution is -0.140. The average molecular weight is 306 g/mol. The summed E-state index contributed by atoms with van der Waals surface area (Å²) < 4.78 is 5.13. The summed E-state index contributed by atoms with van der Waals surface area (Å²) in [5.41, 5.74) is 0.974. The van der Waals surface area contributed by atoms with Gasteiger partial charge in [-0.3, -0.25) is 9.59 Å². The molecular formula is C17H26N2O3. The van der Waals surface area contributed by atoms with Crippen LogP contribution in [0.5, 0.6) is 5.75 Å². The first-order valence-corrected chi connectivity index (χ1v) is 7.73. The Bertz CT molecular complexity index is 485. The van der Waals surface area contributed by atoms with Crippen LogP contribution in [-0.2, 0) is 16.1 Å². The van der Waals surface area contributed by atoms with Crippen molar-refractivity contribution in [2.24, 2.45) is 0 Å². The van der Waals surface area contributed by atoms with Crippen molar-refractivity contribution >= 4 is 11.8 Å². The zero-order valence-corrected chi connectivity index (χ0v) is 13.9. The molecule has 0 fully saturated rings. The number of ether oxygens (including phenoxy) is 1. The average Bonchev–Trinajstić information content (AvgIpc) is 2.53. The van der Waals surface area contributed by atoms with Crippen LogP contribution in [0.3, 0.4) is 0 Å². The SMILES string of the molecule is CCCC(=O)N(Cc1ccc(OC)cc1)[C@H](C)C(=O)NCC. The van der Waals surface area contributed by atoms with E-state index in [1.807, 2.05) is 38.1 Å². The van der Waals surface area contributed by atoms with Crippen LogP contribution in [0.1, 0.15) is 39.2 Å². The number of hydrogen-bond acceptors (Lipinski definition) is 3. The highest BCUT2D eigenvalue weighted by atomic mass is 16.5. The van der Waals surface area contributed by atoms with Crippen molar-refractivity contribution in [3.63, 3.8) is 0 Å². The van der Waals surface area contributed by atoms with Gasteiger partial charge in [0.05, 0.1) is 7.11 Å². The molecule has 22 heavy (non-hydrogen) atoms. The Morgan fingerprint density at radius 2 is 1.86 bits per heavy atom. The lowest BCUT2D eigenvalue weighted by atomic mass is 10.1. The van der Waals surface area contributed by atoms with Crippen LogP contribution < -0.4 is 10.1 Å². The number of hydrogen-bond donors (Lipinski definition) is 1. The summed E-state index contributed by atoms with van der Waals surface area (Å²) in [6.45, 7) is 6.57. The number of carbonyl (C=O) groups excluding carboxylic acids is 2. The lowest BCUT2D eigenvalue weighted by Gasteiger charge is -2.28. The molecule has 1 atom stereocenters. The first-order valence-electron chi connectivity index (χ1n) is 7.73. The monoisotopic (exact) mass is 306 g/mol. The van der Waals surface area contributed by atoms with E-state index in [-0.39, 0.29) is 11.8 Å². The summed E-state index contributed by atoms with van der Waals surface area (Å²) in [6, 6.07) is 7.05. The van der Waals surface area contributed by atoms with Gasteiger partial charge in [-0.2, -0.15) is 0 Å². The summed E-state index contributed by atoms with van der Waals surface area (Å²) in [5, 5.41) is 2.77. The number of likely N-dealkylation sites (N-methyl/N-ethyl adjacent to an activating group) is 1. The van der Waals surface area contributed by atoms with E-state index in [2.05, 4.69) is 5.32 Å². The minimum absolute atomic E-state index is 0.00271. The van der Waals surface area contributed by atoms with Crippen molar-refractivity contribution in [1.29, 1.82) is 0 Å². The van der Waals surface area contributed by atoms with E-state index in [0.717, 1.165) is 17.7 Å². The number of benzene rings is 1. The number of rotatable bonds is 8. The van der Waals surface area contributed by atoms with Crippen molar-refractivity contribution in [3.05, 3.63) is 29.8 Å². The number of nitrogens with zero attached hydrogens (tertiary/aromatic N) is 1. The number of nitrogens with one attached hydrogen (secondary N) is 1. The largest absolute Gasteiger partial charge is 0.497 e. The second kappa shape index (κ2) is 9.07. The van der Waals surface area contributed by atoms with Gasteiger partial charge >= 0.3 is 0 Å². The molecule has 1 rings (SSSR count). The van der Waals surface area contributed by atoms with E-state index < -0.39 is 6.04 Å². The van der Waals surface area contributed by atoms with Crippen LogP contribution in [0.4, 0.5) is 0 Å². The van der Waals surface area contributed by atoms with Crippen LogP contribution in [0, 0.1) is 0 Å². The fourth-order valence-corrected chi connectivity index (χ4v) is 2.19. The van der Waals surface area contributed by atoms with E-state index in [1.165, 1.54) is 0 Å². The van der Waals surface area contributed by atoms with Gasteiger partial charge in [-0.05, 0) is 38.0 Å². The quantitative estimate of drug-likeness (QED) is 0.802. The summed E-state index contributed by atoms with van der Waals surface area (Å²) >= 11 is 0. The first kappa shape index (κ1) is 18.0. The van der Waals surface area contributed by atoms with Gasteiger partial charge in [-0.1, -0.05) is 19.1 Å². The fraction of sp³-hybridized carbons (Fsp3) is 0.529. The molecule has 122 valence electrons. The minimum Gasteiger partial charge on any atom is -0.497 e. The Labute approximate surface area is 132 Å². The van der Waals surface area contributed by atoms with Gasteiger partial charge in [0.2, 0.25) is 11.8 Å². The van der Waals surface area contributed by atoms with E-state index in [1.54, 1.807) is 18.9 Å². The van der Waals surface area contributed by atoms with Gasteiger partial charge in [0, 0.05) is 19.5 Å². The molecule has 0 aliphatic heterocycles. The van der Waals surface area contributed by atoms with Gasteiger partial charge in [-0.25, -0.2) is 0 Å². The molecule has 0 saturated heterocycles. The maximum atomic E-state index is 12.3. The molecule has 1 aromatic rings. The second-order valence-electron chi connectivity index (χ2n) is 5.19. The number of methoxy groups -OCH3 is 1. The van der Waals surface area contributed by atoms with E-state index in [4.69, 9.17) is 4.74 Å². The van der Waals surface area contributed by atoms with Crippen molar-refractivity contribution in [3.8, 4) is 5.75 Å². The standard InChI is InChI=1S/C17H26N2O3/c1-5-7-16(20)19(13(3)17(21)18-6-2)12-14-8-10-15(22-4)11-9-14/h8-11,13H,5-7,12H2,1-4H3,(H,18,21)/t13-/m1/s1. The van der Waals surface area contributed by atoms with Gasteiger partial charge in [0.1, 0.15) is 11.8 Å². The Morgan fingerprint density at radius 3 is 2.36 bits per heavy atom. The molecule has 5 nitrogen and oxygen atoms in total. The third kappa shape index (κ3) is 5.06. The number of amides is 2. The van der Waals surface area contributed by atoms with E-state index in [0.29, 0.717) is 19.5 Å². The van der Waals surface area contributed by atoms with Crippen molar-refractivity contribution in [1.82, 2.24) is 10.2 Å². The van der Waals surface area contributed by atoms with Crippen molar-refractivity contribution in [2.75, 3.05) is 13.7 Å². The molecule has 0 heterocycles. The van der Waals surface area contributed by atoms with Gasteiger partial charge in [-0.15, -0.1) is 0 Å². The first-order chi connectivity index (χ1) is 10.5. The third-order valence-electron chi connectivity index (χ3n) is 3.49. The molecule has 0 aromatic heterocycles. The van der Waals surface area contributed by atoms with E-state index >= 15 is 0 Å². The molecule has 5 heteroatoms. The third-order valence-corrected chi connectivity index (χ3v) is 3.49. The van der Waals surface area contributed by atoms with Gasteiger partial charge in [0.25, 0.3) is 0 Å². The predicted molar refractivity (Wildman–Crippen MR) is 86.6 cm³/mol. The summed E-state index contributed by atoms with van der Waals surface area (Å²) in [4.78, 5) is 26.0. The zero-order valence-electron chi connectivity index (χ0n) is 13.9. The summed E-state index contributed by atoms with van der Waals surface area (Å²) in [7, 11) is 1.61. The fourth-order valence-electron chi connectivity index (χ4n) is 2.19. The summed E-state index contributed by atoms with van der Waals surface area (Å²) in [6.07, 6.45) is 1.21. The molecule has 0 aliphatic rings. The molecule has 2 amide bonds. The minimum atomic E-state index is -0.485. The Balaban J connectivity index is 2.89. The molecule has 0 unspecified atom stereocenters. The van der Waals surface area contributed by atoms with Gasteiger partial charge < -0.3 is 15.0 Å². The highest BCUT2D eigenvalue weighted by Gasteiger charge is 2.25. The highest BCUT2D eigenvalue weighted by molar-refractivity contribution is 5.87. The van der Waals surface area contributed by atoms with Crippen molar-refractivity contribution < 1.29 is 14.3 Å². The second-order valence-corrected chi connectivity index (χ2v) is 5.19. The Hall–Kier alpha value is -2.04. The lowest BCUT2D eigenvalue weighted by Crippen LogP contribution is -2.47. The maximum absolute atomic E-state index is 12.3. The van der Waals surface area contributed by atoms with Crippen LogP contribution in [0.25, 0.3) is 0 Å². The Morgan fingerprint density at radius 1 is 1.23 bits per heavy atom. The normalized spacial score (nSPS) is 11.6. The molecular weight excluding hydrogens is 280 g/mol. The molecule has 0 bridgehead atoms. The zero-order chi connectivity index (χ0) is 16.5. The highest BCUT2D eigenvalue weighted by Crippen LogP contribution is 2.15. The molecule has 1 N–H and O–H groups in total. The van der Waals surface area contributed by atoms with Crippen LogP contribution >= 0.6 is 0 Å². The number of carbonyl (C=O) groups is 2. The topological polar surface area (TPSA) is 58.6 Å².